The van der Waals surface area contributed by atoms with Crippen molar-refractivity contribution in [3.63, 3.8) is 0 Å². The number of aliphatic hydroxyl groups excluding tert-OH is 2. The summed E-state index contributed by atoms with van der Waals surface area (Å²) in [7, 11) is -16.3. The summed E-state index contributed by atoms with van der Waals surface area (Å²) in [5, 5.41) is 26.7. The molecule has 7 atom stereocenters. The number of nitrogens with zero attached hydrogens (tertiary/aromatic N) is 4. The van der Waals surface area contributed by atoms with Crippen molar-refractivity contribution in [3.05, 3.63) is 12.7 Å². The Morgan fingerprint density at radius 3 is 2.06 bits per heavy atom. The highest BCUT2D eigenvalue weighted by molar-refractivity contribution is 7.99. The minimum absolute atomic E-state index is 0. The fourth-order valence-corrected chi connectivity index (χ4v) is 10.0. The topological polar surface area (TPSA) is 452 Å². The number of nitrogens with two attached hydrogens (primary N) is 1. The van der Waals surface area contributed by atoms with Crippen molar-refractivity contribution in [2.45, 2.75) is 135 Å². The van der Waals surface area contributed by atoms with Gasteiger partial charge in [0.1, 0.15) is 36.3 Å². The molecular weight excluding hydrogens is 941 g/mol. The number of phosphoric ester groups is 3. The van der Waals surface area contributed by atoms with E-state index in [1.165, 1.54) is 84.5 Å². The lowest BCUT2D eigenvalue weighted by Crippen LogP contribution is -2.46. The van der Waals surface area contributed by atoms with E-state index in [1.54, 1.807) is 11.8 Å². The SMILES string of the molecule is CCCCCCCCCCCCCCSCCNC(=O)CCNC(=O)[C@H](O)C(C)(C)COP(=O)(O)OP(=O)(O)OC[C@H]1O[C@@H](n2cnc3c(N)ncnc32)[C@@H](O)C1OP(=O)(O)O.N.N.N. The standard InChI is InChI=1S/C35H64N7O16P3S.3H3N/c1-4-5-6-7-8-9-10-11-12-13-14-15-19-62-20-18-37-26(43)16-17-38-33(46)30(45)35(2,3)22-55-61(52,53)58-60(50,51)54-21-25-29(57-59(47,48)49)28(44)34(56-25)42-24-41-27-31(36)39-23-40-32(27)42;;;/h23-25,28-30,34,44-45H,4-22H2,1-3H3,(H,37,43)(H,38,46)(H,50,51)(H,52,53)(H2,36,39,40)(H2,47,48,49);3*1H3/t25-,28+,29?,30+,34-;;;/m1.../s1. The number of fused-ring (bicyclic) bond motifs is 1. The highest BCUT2D eigenvalue weighted by Crippen LogP contribution is 2.61. The van der Waals surface area contributed by atoms with E-state index in [0.29, 0.717) is 6.54 Å². The third kappa shape index (κ3) is 22.6. The molecule has 1 saturated heterocycles. The van der Waals surface area contributed by atoms with Crippen molar-refractivity contribution in [2.24, 2.45) is 5.41 Å². The van der Waals surface area contributed by atoms with Crippen molar-refractivity contribution in [2.75, 3.05) is 43.5 Å². The summed E-state index contributed by atoms with van der Waals surface area (Å²) in [6.45, 7) is 3.21. The van der Waals surface area contributed by atoms with Crippen LogP contribution < -0.4 is 34.8 Å². The van der Waals surface area contributed by atoms with Crippen molar-refractivity contribution in [3.8, 4) is 0 Å². The van der Waals surface area contributed by atoms with Crippen LogP contribution in [0.1, 0.15) is 110 Å². The van der Waals surface area contributed by atoms with Crippen LogP contribution in [0.4, 0.5) is 5.82 Å². The second-order valence-corrected chi connectivity index (χ2v) is 21.0. The Hall–Kier alpha value is -2.23. The summed E-state index contributed by atoms with van der Waals surface area (Å²) in [5.41, 5.74) is 4.34. The van der Waals surface area contributed by atoms with Gasteiger partial charge < -0.3 is 69.3 Å². The molecule has 0 saturated carbocycles. The molecule has 1 aliphatic heterocycles. The largest absolute Gasteiger partial charge is 0.481 e. The number of aromatic nitrogens is 4. The molecule has 0 spiro atoms. The lowest BCUT2D eigenvalue weighted by Gasteiger charge is -2.30. The van der Waals surface area contributed by atoms with E-state index in [9.17, 15) is 53.1 Å². The average molecular weight is 1020 g/mol. The Morgan fingerprint density at radius 1 is 0.877 bits per heavy atom. The van der Waals surface area contributed by atoms with Crippen LogP contribution in [0.25, 0.3) is 11.2 Å². The second-order valence-electron chi connectivity index (χ2n) is 15.6. The molecule has 2 aromatic heterocycles. The maximum Gasteiger partial charge on any atom is 0.481 e. The van der Waals surface area contributed by atoms with Crippen LogP contribution >= 0.6 is 35.2 Å². The third-order valence-electron chi connectivity index (χ3n) is 9.79. The monoisotopic (exact) mass is 1010 g/mol. The molecule has 2 amide bonds. The number of thioether (sulfide) groups is 1. The van der Waals surface area contributed by atoms with Gasteiger partial charge in [-0.05, 0) is 12.2 Å². The number of anilines is 1. The van der Waals surface area contributed by atoms with E-state index in [4.69, 9.17) is 19.5 Å². The molecule has 65 heavy (non-hydrogen) atoms. The van der Waals surface area contributed by atoms with Crippen LogP contribution in [0.15, 0.2) is 12.7 Å². The number of imidazole rings is 1. The van der Waals surface area contributed by atoms with Gasteiger partial charge >= 0.3 is 23.5 Å². The number of nitrogen functional groups attached to an aromatic ring is 1. The van der Waals surface area contributed by atoms with Gasteiger partial charge in [-0.15, -0.1) is 0 Å². The Kier molecular flexibility index (Phi) is 29.3. The molecule has 19 N–H and O–H groups in total. The van der Waals surface area contributed by atoms with Crippen molar-refractivity contribution in [1.29, 1.82) is 0 Å². The molecule has 0 radical (unpaired) electrons. The van der Waals surface area contributed by atoms with Crippen molar-refractivity contribution >= 4 is 64.0 Å². The van der Waals surface area contributed by atoms with Gasteiger partial charge in [-0.3, -0.25) is 27.7 Å². The first-order chi connectivity index (χ1) is 29.2. The number of ether oxygens (including phenoxy) is 1. The van der Waals surface area contributed by atoms with Crippen LogP contribution in [0.5, 0.6) is 0 Å². The van der Waals surface area contributed by atoms with E-state index in [2.05, 4.69) is 41.3 Å². The highest BCUT2D eigenvalue weighted by Gasteiger charge is 2.50. The molecule has 0 bridgehead atoms. The summed E-state index contributed by atoms with van der Waals surface area (Å²) in [6, 6.07) is 0. The Labute approximate surface area is 383 Å². The lowest BCUT2D eigenvalue weighted by atomic mass is 9.87. The molecule has 3 unspecified atom stereocenters. The van der Waals surface area contributed by atoms with Gasteiger partial charge in [0.2, 0.25) is 11.8 Å². The lowest BCUT2D eigenvalue weighted by molar-refractivity contribution is -0.137. The predicted octanol–water partition coefficient (Wildman–Crippen LogP) is 4.33. The summed E-state index contributed by atoms with van der Waals surface area (Å²) in [4.78, 5) is 76.0. The first-order valence-electron chi connectivity index (χ1n) is 20.6. The molecular formula is C35H73N10O16P3S. The van der Waals surface area contributed by atoms with E-state index >= 15 is 0 Å². The minimum atomic E-state index is -5.55. The Balaban J connectivity index is 0.0000137. The summed E-state index contributed by atoms with van der Waals surface area (Å²) in [5.74, 6) is 0.531. The number of hydrogen-bond acceptors (Lipinski definition) is 20. The number of nitrogens with one attached hydrogen (secondary N) is 2. The number of carbonyl (C=O) groups is 2. The molecule has 380 valence electrons. The van der Waals surface area contributed by atoms with E-state index < -0.39 is 78.6 Å². The van der Waals surface area contributed by atoms with Gasteiger partial charge in [0, 0.05) is 30.7 Å². The van der Waals surface area contributed by atoms with Crippen LogP contribution in [-0.2, 0) is 45.9 Å². The smallest absolute Gasteiger partial charge is 0.386 e. The van der Waals surface area contributed by atoms with Gasteiger partial charge in [-0.2, -0.15) is 16.1 Å². The fraction of sp³-hybridized carbons (Fsp3) is 0.800. The number of phosphoric acid groups is 3. The first-order valence-corrected chi connectivity index (χ1v) is 26.3. The molecule has 30 heteroatoms. The van der Waals surface area contributed by atoms with Crippen LogP contribution in [0, 0.1) is 5.41 Å². The number of unbranched alkanes of at least 4 members (excludes halogenated alkanes) is 11. The maximum atomic E-state index is 12.7. The van der Waals surface area contributed by atoms with Gasteiger partial charge in [0.15, 0.2) is 17.7 Å². The molecule has 3 heterocycles. The van der Waals surface area contributed by atoms with Gasteiger partial charge in [0.25, 0.3) is 0 Å². The quantitative estimate of drug-likeness (QED) is 0.0358. The zero-order valence-corrected chi connectivity index (χ0v) is 41.0. The number of aliphatic hydroxyl groups is 2. The van der Waals surface area contributed by atoms with Gasteiger partial charge in [0.05, 0.1) is 19.5 Å². The third-order valence-corrected chi connectivity index (χ3v) is 14.0. The average Bonchev–Trinajstić information content (AvgIpc) is 3.75. The van der Waals surface area contributed by atoms with E-state index in [1.807, 2.05) is 0 Å². The van der Waals surface area contributed by atoms with E-state index in [0.717, 1.165) is 35.1 Å². The number of carbonyl (C=O) groups excluding carboxylic acids is 2. The van der Waals surface area contributed by atoms with E-state index in [-0.39, 0.29) is 54.3 Å². The van der Waals surface area contributed by atoms with Crippen molar-refractivity contribution in [1.82, 2.24) is 48.6 Å². The number of hydrogen-bond donors (Lipinski definition) is 12. The first kappa shape index (κ1) is 62.8. The molecule has 0 aromatic carbocycles. The van der Waals surface area contributed by atoms with Crippen molar-refractivity contribution < 1.29 is 75.7 Å². The highest BCUT2D eigenvalue weighted by atomic mass is 32.2. The Bertz CT molecular complexity index is 1850. The second kappa shape index (κ2) is 30.3. The fourth-order valence-electron chi connectivity index (χ4n) is 6.35. The molecule has 2 aromatic rings. The zero-order valence-electron chi connectivity index (χ0n) is 37.5. The maximum absolute atomic E-state index is 12.7. The summed E-state index contributed by atoms with van der Waals surface area (Å²) < 4.78 is 62.4. The number of amides is 2. The predicted molar refractivity (Wildman–Crippen MR) is 243 cm³/mol. The summed E-state index contributed by atoms with van der Waals surface area (Å²) in [6.07, 6.45) is 8.83. The molecule has 26 nitrogen and oxygen atoms in total. The van der Waals surface area contributed by atoms with Crippen LogP contribution in [0.3, 0.4) is 0 Å². The number of rotatable bonds is 32. The van der Waals surface area contributed by atoms with Crippen LogP contribution in [0.2, 0.25) is 0 Å². The van der Waals surface area contributed by atoms with Gasteiger partial charge in [-0.1, -0.05) is 91.4 Å². The van der Waals surface area contributed by atoms with Crippen LogP contribution in [-0.4, -0.2) is 123 Å². The summed E-state index contributed by atoms with van der Waals surface area (Å²) >= 11 is 1.77. The molecule has 1 fully saturated rings. The van der Waals surface area contributed by atoms with Gasteiger partial charge in [-0.25, -0.2) is 28.6 Å². The minimum Gasteiger partial charge on any atom is -0.386 e. The molecule has 3 rings (SSSR count). The molecule has 1 aliphatic rings. The zero-order chi connectivity index (χ0) is 46.0. The Morgan fingerprint density at radius 2 is 1.46 bits per heavy atom. The normalized spacial score (nSPS) is 19.8. The molecule has 0 aliphatic carbocycles.